The monoisotopic (exact) mass is 298 g/mol. The van der Waals surface area contributed by atoms with Crippen LogP contribution in [-0.4, -0.2) is 6.04 Å². The van der Waals surface area contributed by atoms with Crippen molar-refractivity contribution in [2.24, 2.45) is 5.84 Å². The lowest BCUT2D eigenvalue weighted by molar-refractivity contribution is 0.489. The zero-order valence-electron chi connectivity index (χ0n) is 11.0. The fourth-order valence-electron chi connectivity index (χ4n) is 2.10. The predicted octanol–water partition coefficient (Wildman–Crippen LogP) is 2.86. The Morgan fingerprint density at radius 3 is 1.57 bits per heavy atom. The van der Waals surface area contributed by atoms with E-state index in [0.717, 1.165) is 24.3 Å². The Hall–Kier alpha value is -1.92. The fourth-order valence-corrected chi connectivity index (χ4v) is 2.10. The maximum absolute atomic E-state index is 13.6. The molecule has 0 saturated heterocycles. The Balaban J connectivity index is 2.13. The first-order valence-electron chi connectivity index (χ1n) is 6.33. The molecule has 2 nitrogen and oxygen atoms in total. The minimum absolute atomic E-state index is 0.152. The van der Waals surface area contributed by atoms with Gasteiger partial charge in [-0.1, -0.05) is 12.1 Å². The molecule has 0 aliphatic rings. The third-order valence-corrected chi connectivity index (χ3v) is 3.20. The molecule has 2 rings (SSSR count). The van der Waals surface area contributed by atoms with E-state index in [4.69, 9.17) is 5.84 Å². The summed E-state index contributed by atoms with van der Waals surface area (Å²) in [7, 11) is 0. The van der Waals surface area contributed by atoms with Gasteiger partial charge in [0.25, 0.3) is 0 Å². The number of hydrogen-bond donors (Lipinski definition) is 2. The van der Waals surface area contributed by atoms with Crippen LogP contribution in [0.15, 0.2) is 36.4 Å². The van der Waals surface area contributed by atoms with Gasteiger partial charge in [0.15, 0.2) is 0 Å². The van der Waals surface area contributed by atoms with E-state index < -0.39 is 29.3 Å². The summed E-state index contributed by atoms with van der Waals surface area (Å²) in [6, 6.07) is 6.01. The van der Waals surface area contributed by atoms with Gasteiger partial charge in [-0.3, -0.25) is 11.3 Å². The SMILES string of the molecule is NNC(Cc1ccc(F)cc1F)Cc1ccc(F)cc1F. The van der Waals surface area contributed by atoms with Crippen LogP contribution in [0.3, 0.4) is 0 Å². The molecule has 112 valence electrons. The Bertz CT molecular complexity index is 578. The van der Waals surface area contributed by atoms with E-state index in [1.807, 2.05) is 0 Å². The summed E-state index contributed by atoms with van der Waals surface area (Å²) in [6.45, 7) is 0. The minimum Gasteiger partial charge on any atom is -0.271 e. The molecule has 2 aromatic rings. The second-order valence-electron chi connectivity index (χ2n) is 4.74. The van der Waals surface area contributed by atoms with Crippen LogP contribution in [0, 0.1) is 23.3 Å². The van der Waals surface area contributed by atoms with E-state index in [1.165, 1.54) is 12.1 Å². The lowest BCUT2D eigenvalue weighted by Gasteiger charge is -2.17. The summed E-state index contributed by atoms with van der Waals surface area (Å²) in [5.41, 5.74) is 2.99. The second-order valence-corrected chi connectivity index (χ2v) is 4.74. The molecule has 0 saturated carbocycles. The molecule has 0 fully saturated rings. The predicted molar refractivity (Wildman–Crippen MR) is 71.2 cm³/mol. The average molecular weight is 298 g/mol. The highest BCUT2D eigenvalue weighted by Gasteiger charge is 2.15. The molecule has 0 spiro atoms. The summed E-state index contributed by atoms with van der Waals surface area (Å²) in [4.78, 5) is 0. The molecule has 6 heteroatoms. The molecule has 2 aromatic carbocycles. The standard InChI is InChI=1S/C15H14F4N2/c16-11-3-1-9(14(18)7-11)5-13(21-20)6-10-2-4-12(17)8-15(10)19/h1-4,7-8,13,21H,5-6,20H2. The molecule has 0 atom stereocenters. The smallest absolute Gasteiger partial charge is 0.129 e. The van der Waals surface area contributed by atoms with Gasteiger partial charge in [0.1, 0.15) is 23.3 Å². The van der Waals surface area contributed by atoms with E-state index >= 15 is 0 Å². The van der Waals surface area contributed by atoms with E-state index in [0.29, 0.717) is 0 Å². The minimum atomic E-state index is -0.685. The summed E-state index contributed by atoms with van der Waals surface area (Å²) < 4.78 is 52.8. The molecular formula is C15H14F4N2. The molecule has 3 N–H and O–H groups in total. The van der Waals surface area contributed by atoms with Gasteiger partial charge in [0.2, 0.25) is 0 Å². The van der Waals surface area contributed by atoms with Crippen LogP contribution in [0.5, 0.6) is 0 Å². The van der Waals surface area contributed by atoms with Crippen LogP contribution in [0.25, 0.3) is 0 Å². The largest absolute Gasteiger partial charge is 0.271 e. The van der Waals surface area contributed by atoms with Gasteiger partial charge in [-0.05, 0) is 36.1 Å². The van der Waals surface area contributed by atoms with Gasteiger partial charge in [0, 0.05) is 18.2 Å². The number of nitrogens with two attached hydrogens (primary N) is 1. The summed E-state index contributed by atoms with van der Waals surface area (Å²) in [6.07, 6.45) is 0.304. The van der Waals surface area contributed by atoms with Crippen LogP contribution >= 0.6 is 0 Å². The molecule has 21 heavy (non-hydrogen) atoms. The zero-order chi connectivity index (χ0) is 15.4. The Kier molecular flexibility index (Phi) is 4.93. The van der Waals surface area contributed by atoms with Gasteiger partial charge in [-0.25, -0.2) is 17.6 Å². The highest BCUT2D eigenvalue weighted by Crippen LogP contribution is 2.16. The normalized spacial score (nSPS) is 11.1. The summed E-state index contributed by atoms with van der Waals surface area (Å²) in [5.74, 6) is 2.68. The fraction of sp³-hybridized carbons (Fsp3) is 0.200. The first kappa shape index (κ1) is 15.5. The van der Waals surface area contributed by atoms with Crippen LogP contribution in [0.1, 0.15) is 11.1 Å². The number of benzene rings is 2. The van der Waals surface area contributed by atoms with Crippen molar-refractivity contribution in [3.8, 4) is 0 Å². The van der Waals surface area contributed by atoms with Gasteiger partial charge >= 0.3 is 0 Å². The molecular weight excluding hydrogens is 284 g/mol. The lowest BCUT2D eigenvalue weighted by Crippen LogP contribution is -2.38. The number of halogens is 4. The Morgan fingerprint density at radius 2 is 1.24 bits per heavy atom. The second kappa shape index (κ2) is 6.69. The molecule has 0 unspecified atom stereocenters. The van der Waals surface area contributed by atoms with Crippen molar-refractivity contribution in [1.29, 1.82) is 0 Å². The highest BCUT2D eigenvalue weighted by molar-refractivity contribution is 5.23. The van der Waals surface area contributed by atoms with E-state index in [9.17, 15) is 17.6 Å². The molecule has 0 aromatic heterocycles. The van der Waals surface area contributed by atoms with Crippen molar-refractivity contribution in [3.05, 3.63) is 70.8 Å². The molecule has 0 heterocycles. The first-order valence-corrected chi connectivity index (χ1v) is 6.33. The molecule has 0 aliphatic heterocycles. The Labute approximate surface area is 119 Å². The van der Waals surface area contributed by atoms with Gasteiger partial charge in [-0.15, -0.1) is 0 Å². The highest BCUT2D eigenvalue weighted by atomic mass is 19.1. The third-order valence-electron chi connectivity index (χ3n) is 3.20. The van der Waals surface area contributed by atoms with Gasteiger partial charge < -0.3 is 0 Å². The van der Waals surface area contributed by atoms with Gasteiger partial charge in [-0.2, -0.15) is 0 Å². The van der Waals surface area contributed by atoms with Crippen LogP contribution in [0.4, 0.5) is 17.6 Å². The maximum Gasteiger partial charge on any atom is 0.129 e. The third kappa shape index (κ3) is 4.03. The van der Waals surface area contributed by atoms with Crippen molar-refractivity contribution in [2.75, 3.05) is 0 Å². The van der Waals surface area contributed by atoms with Crippen LogP contribution < -0.4 is 11.3 Å². The molecule has 0 amide bonds. The van der Waals surface area contributed by atoms with E-state index in [-0.39, 0.29) is 24.0 Å². The van der Waals surface area contributed by atoms with Crippen molar-refractivity contribution < 1.29 is 17.6 Å². The average Bonchev–Trinajstić information content (AvgIpc) is 2.43. The molecule has 0 bridgehead atoms. The van der Waals surface area contributed by atoms with Crippen molar-refractivity contribution in [1.82, 2.24) is 5.43 Å². The van der Waals surface area contributed by atoms with Crippen LogP contribution in [-0.2, 0) is 12.8 Å². The summed E-state index contributed by atoms with van der Waals surface area (Å²) in [5, 5.41) is 0. The topological polar surface area (TPSA) is 38.0 Å². The molecule has 0 radical (unpaired) electrons. The van der Waals surface area contributed by atoms with Crippen molar-refractivity contribution >= 4 is 0 Å². The van der Waals surface area contributed by atoms with Gasteiger partial charge in [0.05, 0.1) is 0 Å². The Morgan fingerprint density at radius 1 is 0.810 bits per heavy atom. The lowest BCUT2D eigenvalue weighted by atomic mass is 9.98. The maximum atomic E-state index is 13.6. The zero-order valence-corrected chi connectivity index (χ0v) is 11.0. The molecule has 0 aliphatic carbocycles. The van der Waals surface area contributed by atoms with Crippen molar-refractivity contribution in [3.63, 3.8) is 0 Å². The number of hydrogen-bond acceptors (Lipinski definition) is 2. The summed E-state index contributed by atoms with van der Waals surface area (Å²) >= 11 is 0. The number of hydrazine groups is 1. The van der Waals surface area contributed by atoms with E-state index in [2.05, 4.69) is 5.43 Å². The van der Waals surface area contributed by atoms with Crippen molar-refractivity contribution in [2.45, 2.75) is 18.9 Å². The first-order chi connectivity index (χ1) is 9.99. The number of rotatable bonds is 5. The van der Waals surface area contributed by atoms with E-state index in [1.54, 1.807) is 0 Å². The number of nitrogens with one attached hydrogen (secondary N) is 1. The quantitative estimate of drug-likeness (QED) is 0.506. The van der Waals surface area contributed by atoms with Crippen LogP contribution in [0.2, 0.25) is 0 Å².